The van der Waals surface area contributed by atoms with E-state index in [1.807, 2.05) is 11.0 Å². The average Bonchev–Trinajstić information content (AvgIpc) is 3.30. The molecule has 7 nitrogen and oxygen atoms in total. The minimum Gasteiger partial charge on any atom is -0.334 e. The molecule has 3 aliphatic heterocycles. The van der Waals surface area contributed by atoms with Gasteiger partial charge in [-0.1, -0.05) is 30.3 Å². The molecule has 0 aliphatic carbocycles. The molecule has 1 aromatic carbocycles. The molecule has 2 fully saturated rings. The third-order valence-corrected chi connectivity index (χ3v) is 6.37. The third kappa shape index (κ3) is 3.34. The van der Waals surface area contributed by atoms with Crippen LogP contribution in [0.2, 0.25) is 0 Å². The SMILES string of the molecule is CN1CCC2NNC(C(=O)N3CCn4nc(Cc5ccccc5)cc4C3)C2C1. The first-order valence-electron chi connectivity index (χ1n) is 10.3. The van der Waals surface area contributed by atoms with Crippen molar-refractivity contribution in [3.8, 4) is 0 Å². The summed E-state index contributed by atoms with van der Waals surface area (Å²) in [6.45, 7) is 4.19. The highest BCUT2D eigenvalue weighted by atomic mass is 16.2. The summed E-state index contributed by atoms with van der Waals surface area (Å²) in [5.41, 5.74) is 10.1. The summed E-state index contributed by atoms with van der Waals surface area (Å²) in [7, 11) is 2.14. The molecule has 1 amide bonds. The van der Waals surface area contributed by atoms with E-state index in [0.717, 1.165) is 50.4 Å². The largest absolute Gasteiger partial charge is 0.334 e. The minimum absolute atomic E-state index is 0.133. The van der Waals surface area contributed by atoms with Crippen LogP contribution in [-0.2, 0) is 24.3 Å². The monoisotopic (exact) mass is 380 g/mol. The molecule has 3 aliphatic rings. The molecule has 4 heterocycles. The summed E-state index contributed by atoms with van der Waals surface area (Å²) in [5, 5.41) is 4.76. The van der Waals surface area contributed by atoms with Crippen LogP contribution in [0.4, 0.5) is 0 Å². The molecular weight excluding hydrogens is 352 g/mol. The highest BCUT2D eigenvalue weighted by Gasteiger charge is 2.44. The minimum atomic E-state index is -0.133. The third-order valence-electron chi connectivity index (χ3n) is 6.37. The molecule has 2 saturated heterocycles. The number of likely N-dealkylation sites (tertiary alicyclic amines) is 1. The van der Waals surface area contributed by atoms with Crippen LogP contribution in [0.15, 0.2) is 36.4 Å². The van der Waals surface area contributed by atoms with Crippen molar-refractivity contribution in [1.82, 2.24) is 30.4 Å². The lowest BCUT2D eigenvalue weighted by Crippen LogP contribution is -2.52. The number of carbonyl (C=O) groups is 1. The zero-order valence-electron chi connectivity index (χ0n) is 16.3. The number of hydrogen-bond acceptors (Lipinski definition) is 5. The van der Waals surface area contributed by atoms with Gasteiger partial charge >= 0.3 is 0 Å². The highest BCUT2D eigenvalue weighted by Crippen LogP contribution is 2.26. The number of amides is 1. The molecule has 148 valence electrons. The van der Waals surface area contributed by atoms with Gasteiger partial charge in [0.1, 0.15) is 6.04 Å². The lowest BCUT2D eigenvalue weighted by atomic mass is 9.88. The summed E-state index contributed by atoms with van der Waals surface area (Å²) >= 11 is 0. The lowest BCUT2D eigenvalue weighted by molar-refractivity contribution is -0.136. The fraction of sp³-hybridized carbons (Fsp3) is 0.524. The first-order valence-corrected chi connectivity index (χ1v) is 10.3. The number of benzene rings is 1. The van der Waals surface area contributed by atoms with Gasteiger partial charge in [-0.25, -0.2) is 5.43 Å². The van der Waals surface area contributed by atoms with E-state index in [9.17, 15) is 4.79 Å². The first-order chi connectivity index (χ1) is 13.7. The Morgan fingerprint density at radius 1 is 1.18 bits per heavy atom. The Morgan fingerprint density at radius 3 is 2.89 bits per heavy atom. The van der Waals surface area contributed by atoms with Gasteiger partial charge in [0.15, 0.2) is 0 Å². The fourth-order valence-electron chi connectivity index (χ4n) is 4.82. The molecule has 1 aromatic heterocycles. The van der Waals surface area contributed by atoms with Gasteiger partial charge in [-0.05, 0) is 31.6 Å². The van der Waals surface area contributed by atoms with Gasteiger partial charge in [0.2, 0.25) is 5.91 Å². The van der Waals surface area contributed by atoms with Crippen LogP contribution in [0.1, 0.15) is 23.4 Å². The zero-order chi connectivity index (χ0) is 19.1. The predicted molar refractivity (Wildman–Crippen MR) is 106 cm³/mol. The molecule has 7 heteroatoms. The van der Waals surface area contributed by atoms with Gasteiger partial charge in [-0.15, -0.1) is 0 Å². The molecule has 0 radical (unpaired) electrons. The fourth-order valence-corrected chi connectivity index (χ4v) is 4.82. The second-order valence-electron chi connectivity index (χ2n) is 8.36. The van der Waals surface area contributed by atoms with Crippen LogP contribution in [0, 0.1) is 5.92 Å². The molecule has 3 atom stereocenters. The van der Waals surface area contributed by atoms with Gasteiger partial charge in [-0.3, -0.25) is 14.9 Å². The summed E-state index contributed by atoms with van der Waals surface area (Å²) in [4.78, 5) is 17.6. The quantitative estimate of drug-likeness (QED) is 0.817. The van der Waals surface area contributed by atoms with Crippen molar-refractivity contribution >= 4 is 5.91 Å². The molecule has 0 bridgehead atoms. The number of hydrogen-bond donors (Lipinski definition) is 2. The molecule has 0 spiro atoms. The normalized spacial score (nSPS) is 27.5. The van der Waals surface area contributed by atoms with Crippen molar-refractivity contribution < 1.29 is 4.79 Å². The maximum atomic E-state index is 13.2. The van der Waals surface area contributed by atoms with Crippen LogP contribution < -0.4 is 10.9 Å². The standard InChI is InChI=1S/C21H28N6O/c1-25-8-7-19-18(14-25)20(23-22-19)21(28)26-9-10-27-17(13-26)12-16(24-27)11-15-5-3-2-4-6-15/h2-6,12,18-20,22-23H,7-11,13-14H2,1H3. The van der Waals surface area contributed by atoms with Crippen molar-refractivity contribution in [1.29, 1.82) is 0 Å². The van der Waals surface area contributed by atoms with Gasteiger partial charge in [0.25, 0.3) is 0 Å². The topological polar surface area (TPSA) is 65.4 Å². The van der Waals surface area contributed by atoms with Gasteiger partial charge in [0.05, 0.1) is 24.5 Å². The Balaban J connectivity index is 1.27. The second kappa shape index (κ2) is 7.31. The van der Waals surface area contributed by atoms with Crippen LogP contribution in [0.5, 0.6) is 0 Å². The molecule has 0 saturated carbocycles. The van der Waals surface area contributed by atoms with Crippen molar-refractivity contribution in [2.24, 2.45) is 5.92 Å². The summed E-state index contributed by atoms with van der Waals surface area (Å²) < 4.78 is 2.07. The maximum Gasteiger partial charge on any atom is 0.241 e. The molecule has 28 heavy (non-hydrogen) atoms. The molecule has 2 aromatic rings. The lowest BCUT2D eigenvalue weighted by Gasteiger charge is -2.35. The Morgan fingerprint density at radius 2 is 2.04 bits per heavy atom. The van der Waals surface area contributed by atoms with E-state index < -0.39 is 0 Å². The van der Waals surface area contributed by atoms with E-state index in [0.29, 0.717) is 18.5 Å². The zero-order valence-corrected chi connectivity index (χ0v) is 16.3. The number of rotatable bonds is 3. The van der Waals surface area contributed by atoms with E-state index in [2.05, 4.69) is 57.8 Å². The smallest absolute Gasteiger partial charge is 0.241 e. The number of carbonyl (C=O) groups excluding carboxylic acids is 1. The maximum absolute atomic E-state index is 13.2. The van der Waals surface area contributed by atoms with Gasteiger partial charge in [0, 0.05) is 31.5 Å². The van der Waals surface area contributed by atoms with Gasteiger partial charge < -0.3 is 9.80 Å². The van der Waals surface area contributed by atoms with Crippen LogP contribution in [0.25, 0.3) is 0 Å². The first kappa shape index (κ1) is 17.8. The van der Waals surface area contributed by atoms with Crippen molar-refractivity contribution in [2.45, 2.75) is 38.0 Å². The number of hydrazine groups is 1. The Kier molecular flexibility index (Phi) is 4.66. The molecular formula is C21H28N6O. The molecule has 3 unspecified atom stereocenters. The molecule has 5 rings (SSSR count). The Hall–Kier alpha value is -2.22. The summed E-state index contributed by atoms with van der Waals surface area (Å²) in [5.74, 6) is 0.555. The number of nitrogens with one attached hydrogen (secondary N) is 2. The van der Waals surface area contributed by atoms with E-state index >= 15 is 0 Å². The Labute approximate surface area is 165 Å². The van der Waals surface area contributed by atoms with E-state index in [-0.39, 0.29) is 11.9 Å². The number of piperidine rings is 1. The van der Waals surface area contributed by atoms with E-state index in [1.165, 1.54) is 5.56 Å². The number of fused-ring (bicyclic) bond motifs is 2. The van der Waals surface area contributed by atoms with Crippen molar-refractivity contribution in [2.75, 3.05) is 26.7 Å². The Bertz CT molecular complexity index is 850. The highest BCUT2D eigenvalue weighted by molar-refractivity contribution is 5.82. The summed E-state index contributed by atoms with van der Waals surface area (Å²) in [6, 6.07) is 12.8. The molecule has 2 N–H and O–H groups in total. The van der Waals surface area contributed by atoms with Gasteiger partial charge in [-0.2, -0.15) is 5.10 Å². The second-order valence-corrected chi connectivity index (χ2v) is 8.36. The van der Waals surface area contributed by atoms with Crippen LogP contribution >= 0.6 is 0 Å². The van der Waals surface area contributed by atoms with Crippen molar-refractivity contribution in [3.05, 3.63) is 53.3 Å². The van der Waals surface area contributed by atoms with E-state index in [4.69, 9.17) is 5.10 Å². The van der Waals surface area contributed by atoms with Crippen molar-refractivity contribution in [3.63, 3.8) is 0 Å². The van der Waals surface area contributed by atoms with E-state index in [1.54, 1.807) is 0 Å². The summed E-state index contributed by atoms with van der Waals surface area (Å²) in [6.07, 6.45) is 1.92. The average molecular weight is 380 g/mol. The van der Waals surface area contributed by atoms with Crippen LogP contribution in [0.3, 0.4) is 0 Å². The predicted octanol–water partition coefficient (Wildman–Crippen LogP) is 0.613. The number of aromatic nitrogens is 2. The van der Waals surface area contributed by atoms with Crippen LogP contribution in [-0.4, -0.2) is 64.3 Å². The number of nitrogens with zero attached hydrogens (tertiary/aromatic N) is 4.